The first-order valence-electron chi connectivity index (χ1n) is 7.63. The predicted molar refractivity (Wildman–Crippen MR) is 76.2 cm³/mol. The van der Waals surface area contributed by atoms with Gasteiger partial charge < -0.3 is 10.1 Å². The van der Waals surface area contributed by atoms with E-state index in [2.05, 4.69) is 43.4 Å². The first-order valence-corrected chi connectivity index (χ1v) is 7.63. The summed E-state index contributed by atoms with van der Waals surface area (Å²) in [4.78, 5) is 0. The number of morpholine rings is 1. The number of nitrogens with one attached hydrogen (secondary N) is 1. The second-order valence-corrected chi connectivity index (χ2v) is 7.12. The minimum absolute atomic E-state index is 0.251. The molecule has 0 amide bonds. The zero-order valence-electron chi connectivity index (χ0n) is 11.9. The molecule has 3 unspecified atom stereocenters. The lowest BCUT2D eigenvalue weighted by molar-refractivity contribution is -0.0850. The summed E-state index contributed by atoms with van der Waals surface area (Å²) in [5.74, 6) is 0.815. The third-order valence-electron chi connectivity index (χ3n) is 5.14. The molecule has 3 atom stereocenters. The van der Waals surface area contributed by atoms with E-state index in [1.54, 1.807) is 0 Å². The van der Waals surface area contributed by atoms with Crippen molar-refractivity contribution in [3.8, 4) is 0 Å². The summed E-state index contributed by atoms with van der Waals surface area (Å²) in [6.45, 7) is 5.76. The molecule has 1 aromatic rings. The van der Waals surface area contributed by atoms with Gasteiger partial charge in [0.25, 0.3) is 0 Å². The summed E-state index contributed by atoms with van der Waals surface area (Å²) in [5.41, 5.74) is 3.15. The van der Waals surface area contributed by atoms with Gasteiger partial charge in [-0.15, -0.1) is 0 Å². The van der Waals surface area contributed by atoms with Crippen molar-refractivity contribution in [1.82, 2.24) is 5.32 Å². The van der Waals surface area contributed by atoms with Crippen molar-refractivity contribution in [3.05, 3.63) is 35.4 Å². The zero-order valence-corrected chi connectivity index (χ0v) is 11.9. The molecule has 1 aromatic carbocycles. The van der Waals surface area contributed by atoms with E-state index in [0.717, 1.165) is 12.5 Å². The van der Waals surface area contributed by atoms with Gasteiger partial charge in [0.2, 0.25) is 0 Å². The van der Waals surface area contributed by atoms with Crippen LogP contribution in [0.3, 0.4) is 0 Å². The molecular formula is C17H23NO. The summed E-state index contributed by atoms with van der Waals surface area (Å²) in [7, 11) is 0. The fraction of sp³-hybridized carbons (Fsp3) is 0.647. The highest BCUT2D eigenvalue weighted by Crippen LogP contribution is 2.47. The second-order valence-electron chi connectivity index (χ2n) is 7.12. The summed E-state index contributed by atoms with van der Waals surface area (Å²) in [6.07, 6.45) is 4.60. The molecule has 0 bridgehead atoms. The second kappa shape index (κ2) is 4.07. The molecule has 0 spiro atoms. The van der Waals surface area contributed by atoms with Crippen LogP contribution < -0.4 is 5.32 Å². The quantitative estimate of drug-likeness (QED) is 0.834. The third kappa shape index (κ3) is 1.93. The number of rotatable bonds is 1. The Morgan fingerprint density at radius 3 is 2.79 bits per heavy atom. The molecule has 4 rings (SSSR count). The molecule has 0 radical (unpaired) electrons. The van der Waals surface area contributed by atoms with Gasteiger partial charge >= 0.3 is 0 Å². The Kier molecular flexibility index (Phi) is 2.55. The van der Waals surface area contributed by atoms with Crippen LogP contribution in [0.5, 0.6) is 0 Å². The maximum Gasteiger partial charge on any atom is 0.0985 e. The summed E-state index contributed by atoms with van der Waals surface area (Å²) < 4.78 is 6.47. The van der Waals surface area contributed by atoms with Crippen molar-refractivity contribution in [2.75, 3.05) is 6.54 Å². The first kappa shape index (κ1) is 11.9. The SMILES string of the molecule is CC1(C)CC2NCC(C3CC3)OC2c2ccccc21. The largest absolute Gasteiger partial charge is 0.367 e. The maximum absolute atomic E-state index is 6.47. The van der Waals surface area contributed by atoms with Crippen LogP contribution in [-0.2, 0) is 10.2 Å². The molecule has 2 fully saturated rings. The molecule has 1 saturated heterocycles. The summed E-state index contributed by atoms with van der Waals surface area (Å²) in [6, 6.07) is 9.36. The van der Waals surface area contributed by atoms with Gasteiger partial charge in [-0.05, 0) is 41.7 Å². The van der Waals surface area contributed by atoms with Gasteiger partial charge in [0, 0.05) is 12.6 Å². The third-order valence-corrected chi connectivity index (χ3v) is 5.14. The average Bonchev–Trinajstić information content (AvgIpc) is 3.23. The molecule has 3 aliphatic rings. The number of ether oxygens (including phenoxy) is 1. The van der Waals surface area contributed by atoms with E-state index in [9.17, 15) is 0 Å². The van der Waals surface area contributed by atoms with Gasteiger partial charge in [0.05, 0.1) is 12.2 Å². The van der Waals surface area contributed by atoms with Gasteiger partial charge in [-0.2, -0.15) is 0 Å². The van der Waals surface area contributed by atoms with Crippen LogP contribution in [0.2, 0.25) is 0 Å². The van der Waals surface area contributed by atoms with Crippen molar-refractivity contribution in [3.63, 3.8) is 0 Å². The molecule has 1 N–H and O–H groups in total. The molecule has 1 saturated carbocycles. The standard InChI is InChI=1S/C17H23NO/c1-17(2)9-14-16(12-5-3-4-6-13(12)17)19-15(10-18-14)11-7-8-11/h3-6,11,14-16,18H,7-10H2,1-2H3. The van der Waals surface area contributed by atoms with Crippen molar-refractivity contribution < 1.29 is 4.74 Å². The van der Waals surface area contributed by atoms with Crippen molar-refractivity contribution >= 4 is 0 Å². The van der Waals surface area contributed by atoms with Crippen molar-refractivity contribution in [2.45, 2.75) is 56.8 Å². The van der Waals surface area contributed by atoms with Crippen LogP contribution in [0.4, 0.5) is 0 Å². The minimum Gasteiger partial charge on any atom is -0.367 e. The van der Waals surface area contributed by atoms with E-state index >= 15 is 0 Å². The van der Waals surface area contributed by atoms with Gasteiger partial charge in [0.1, 0.15) is 0 Å². The molecule has 0 aromatic heterocycles. The predicted octanol–water partition coefficient (Wildman–Crippen LogP) is 3.18. The Balaban J connectivity index is 1.71. The molecule has 1 aliphatic heterocycles. The highest BCUT2D eigenvalue weighted by atomic mass is 16.5. The van der Waals surface area contributed by atoms with Crippen molar-refractivity contribution in [2.24, 2.45) is 5.92 Å². The number of benzene rings is 1. The molecule has 2 nitrogen and oxygen atoms in total. The van der Waals surface area contributed by atoms with Crippen molar-refractivity contribution in [1.29, 1.82) is 0 Å². The van der Waals surface area contributed by atoms with Crippen LogP contribution in [0.25, 0.3) is 0 Å². The summed E-state index contributed by atoms with van der Waals surface area (Å²) in [5, 5.41) is 3.76. The highest BCUT2D eigenvalue weighted by molar-refractivity contribution is 5.39. The molecule has 1 heterocycles. The number of fused-ring (bicyclic) bond motifs is 3. The molecule has 2 aliphatic carbocycles. The Morgan fingerprint density at radius 1 is 1.21 bits per heavy atom. The first-order chi connectivity index (χ1) is 9.15. The lowest BCUT2D eigenvalue weighted by atomic mass is 9.69. The van der Waals surface area contributed by atoms with Gasteiger partial charge in [-0.3, -0.25) is 0 Å². The zero-order chi connectivity index (χ0) is 13.0. The van der Waals surface area contributed by atoms with Crippen LogP contribution in [-0.4, -0.2) is 18.7 Å². The smallest absolute Gasteiger partial charge is 0.0985 e. The van der Waals surface area contributed by atoms with Crippen LogP contribution in [0.15, 0.2) is 24.3 Å². The lowest BCUT2D eigenvalue weighted by Crippen LogP contribution is -2.53. The van der Waals surface area contributed by atoms with E-state index in [-0.39, 0.29) is 11.5 Å². The molecule has 2 heteroatoms. The molecule has 19 heavy (non-hydrogen) atoms. The van der Waals surface area contributed by atoms with E-state index in [0.29, 0.717) is 12.1 Å². The maximum atomic E-state index is 6.47. The number of hydrogen-bond acceptors (Lipinski definition) is 2. The van der Waals surface area contributed by atoms with Crippen LogP contribution in [0, 0.1) is 5.92 Å². The Hall–Kier alpha value is -0.860. The molecular weight excluding hydrogens is 234 g/mol. The van der Waals surface area contributed by atoms with E-state index in [4.69, 9.17) is 4.74 Å². The minimum atomic E-state index is 0.251. The highest BCUT2D eigenvalue weighted by Gasteiger charge is 2.45. The van der Waals surface area contributed by atoms with Gasteiger partial charge in [-0.25, -0.2) is 0 Å². The van der Waals surface area contributed by atoms with E-state index in [1.165, 1.54) is 30.4 Å². The van der Waals surface area contributed by atoms with Gasteiger partial charge in [0.15, 0.2) is 0 Å². The number of hydrogen-bond donors (Lipinski definition) is 1. The Morgan fingerprint density at radius 2 is 2.00 bits per heavy atom. The fourth-order valence-corrected chi connectivity index (χ4v) is 3.94. The molecule has 102 valence electrons. The Bertz CT molecular complexity index is 492. The fourth-order valence-electron chi connectivity index (χ4n) is 3.94. The van der Waals surface area contributed by atoms with E-state index < -0.39 is 0 Å². The van der Waals surface area contributed by atoms with Crippen LogP contribution in [0.1, 0.15) is 50.3 Å². The monoisotopic (exact) mass is 257 g/mol. The van der Waals surface area contributed by atoms with Gasteiger partial charge in [-0.1, -0.05) is 38.1 Å². The normalized spacial score (nSPS) is 36.4. The van der Waals surface area contributed by atoms with Crippen LogP contribution >= 0.6 is 0 Å². The summed E-state index contributed by atoms with van der Waals surface area (Å²) >= 11 is 0. The van der Waals surface area contributed by atoms with E-state index in [1.807, 2.05) is 0 Å². The lowest BCUT2D eigenvalue weighted by Gasteiger charge is -2.47. The topological polar surface area (TPSA) is 21.3 Å². The Labute approximate surface area is 115 Å². The average molecular weight is 257 g/mol.